The van der Waals surface area contributed by atoms with Gasteiger partial charge < -0.3 is 14.5 Å². The molecule has 0 aliphatic carbocycles. The number of hydrogen-bond donors (Lipinski definition) is 0. The summed E-state index contributed by atoms with van der Waals surface area (Å²) >= 11 is 0. The summed E-state index contributed by atoms with van der Waals surface area (Å²) in [5.74, 6) is 0.422. The number of likely N-dealkylation sites (N-methyl/N-ethyl adjacent to an activating group) is 1. The van der Waals surface area contributed by atoms with Crippen molar-refractivity contribution < 1.29 is 18.7 Å². The molecular formula is C17H24FN3O3. The van der Waals surface area contributed by atoms with E-state index in [0.29, 0.717) is 51.6 Å². The topological polar surface area (TPSA) is 53.1 Å². The SMILES string of the molecule is CC(=O)N1CCN(C(=O)CN(C)CCOc2ccc(F)cc2)CC1. The highest BCUT2D eigenvalue weighted by Crippen LogP contribution is 2.10. The van der Waals surface area contributed by atoms with Gasteiger partial charge in [-0.25, -0.2) is 4.39 Å². The molecule has 6 nitrogen and oxygen atoms in total. The molecule has 1 aromatic rings. The van der Waals surface area contributed by atoms with E-state index >= 15 is 0 Å². The van der Waals surface area contributed by atoms with Crippen molar-refractivity contribution in [2.75, 3.05) is 52.9 Å². The van der Waals surface area contributed by atoms with Crippen molar-refractivity contribution in [3.63, 3.8) is 0 Å². The molecule has 7 heteroatoms. The van der Waals surface area contributed by atoms with Crippen LogP contribution < -0.4 is 4.74 Å². The molecule has 2 rings (SSSR count). The van der Waals surface area contributed by atoms with Crippen LogP contribution in [0, 0.1) is 5.82 Å². The predicted octanol–water partition coefficient (Wildman–Crippen LogP) is 0.827. The van der Waals surface area contributed by atoms with Crippen LogP contribution in [0.4, 0.5) is 4.39 Å². The number of carbonyl (C=O) groups is 2. The number of amides is 2. The van der Waals surface area contributed by atoms with E-state index in [0.717, 1.165) is 0 Å². The summed E-state index contributed by atoms with van der Waals surface area (Å²) in [4.78, 5) is 29.0. The third kappa shape index (κ3) is 5.49. The van der Waals surface area contributed by atoms with E-state index in [4.69, 9.17) is 4.74 Å². The third-order valence-corrected chi connectivity index (χ3v) is 4.04. The molecule has 1 fully saturated rings. The number of benzene rings is 1. The van der Waals surface area contributed by atoms with E-state index in [-0.39, 0.29) is 17.6 Å². The fourth-order valence-corrected chi connectivity index (χ4v) is 2.53. The van der Waals surface area contributed by atoms with Gasteiger partial charge in [0, 0.05) is 39.6 Å². The summed E-state index contributed by atoms with van der Waals surface area (Å²) in [6, 6.07) is 5.86. The maximum absolute atomic E-state index is 12.8. The van der Waals surface area contributed by atoms with Crippen molar-refractivity contribution in [3.8, 4) is 5.75 Å². The molecule has 0 atom stereocenters. The quantitative estimate of drug-likeness (QED) is 0.771. The minimum Gasteiger partial charge on any atom is -0.492 e. The lowest BCUT2D eigenvalue weighted by Gasteiger charge is -2.35. The summed E-state index contributed by atoms with van der Waals surface area (Å²) in [6.45, 7) is 5.23. The molecule has 0 saturated carbocycles. The van der Waals surface area contributed by atoms with Gasteiger partial charge in [0.25, 0.3) is 0 Å². The van der Waals surface area contributed by atoms with E-state index in [1.807, 2.05) is 11.9 Å². The van der Waals surface area contributed by atoms with Gasteiger partial charge >= 0.3 is 0 Å². The summed E-state index contributed by atoms with van der Waals surface area (Å²) in [7, 11) is 1.86. The zero-order chi connectivity index (χ0) is 17.5. The molecular weight excluding hydrogens is 313 g/mol. The molecule has 0 aromatic heterocycles. The van der Waals surface area contributed by atoms with Gasteiger partial charge in [-0.05, 0) is 31.3 Å². The van der Waals surface area contributed by atoms with Crippen LogP contribution in [0.15, 0.2) is 24.3 Å². The predicted molar refractivity (Wildman–Crippen MR) is 88.2 cm³/mol. The smallest absolute Gasteiger partial charge is 0.236 e. The first-order valence-corrected chi connectivity index (χ1v) is 8.06. The first kappa shape index (κ1) is 18.2. The van der Waals surface area contributed by atoms with Crippen molar-refractivity contribution in [1.82, 2.24) is 14.7 Å². The fourth-order valence-electron chi connectivity index (χ4n) is 2.53. The highest BCUT2D eigenvalue weighted by molar-refractivity contribution is 5.79. The van der Waals surface area contributed by atoms with Crippen LogP contribution in [0.5, 0.6) is 5.75 Å². The number of piperazine rings is 1. The largest absolute Gasteiger partial charge is 0.492 e. The summed E-state index contributed by atoms with van der Waals surface area (Å²) in [5, 5.41) is 0. The number of nitrogens with zero attached hydrogens (tertiary/aromatic N) is 3. The van der Waals surface area contributed by atoms with Crippen LogP contribution in [0.25, 0.3) is 0 Å². The van der Waals surface area contributed by atoms with Crippen molar-refractivity contribution in [2.24, 2.45) is 0 Å². The molecule has 1 heterocycles. The van der Waals surface area contributed by atoms with Crippen LogP contribution in [0.1, 0.15) is 6.92 Å². The maximum atomic E-state index is 12.8. The lowest BCUT2D eigenvalue weighted by atomic mass is 10.3. The maximum Gasteiger partial charge on any atom is 0.236 e. The Labute approximate surface area is 141 Å². The molecule has 0 N–H and O–H groups in total. The number of ether oxygens (including phenoxy) is 1. The average Bonchev–Trinajstić information content (AvgIpc) is 2.56. The van der Waals surface area contributed by atoms with E-state index in [1.54, 1.807) is 28.9 Å². The Hall–Kier alpha value is -2.15. The van der Waals surface area contributed by atoms with Gasteiger partial charge in [0.1, 0.15) is 18.2 Å². The Morgan fingerprint density at radius 1 is 1.12 bits per heavy atom. The van der Waals surface area contributed by atoms with Crippen molar-refractivity contribution >= 4 is 11.8 Å². The second kappa shape index (κ2) is 8.63. The molecule has 0 unspecified atom stereocenters. The molecule has 1 aliphatic rings. The van der Waals surface area contributed by atoms with Gasteiger partial charge in [0.15, 0.2) is 0 Å². The first-order valence-electron chi connectivity index (χ1n) is 8.06. The highest BCUT2D eigenvalue weighted by atomic mass is 19.1. The number of rotatable bonds is 6. The Morgan fingerprint density at radius 3 is 2.29 bits per heavy atom. The molecule has 1 aromatic carbocycles. The summed E-state index contributed by atoms with van der Waals surface area (Å²) in [6.07, 6.45) is 0. The monoisotopic (exact) mass is 337 g/mol. The zero-order valence-corrected chi connectivity index (χ0v) is 14.2. The average molecular weight is 337 g/mol. The van der Waals surface area contributed by atoms with Crippen LogP contribution >= 0.6 is 0 Å². The van der Waals surface area contributed by atoms with Gasteiger partial charge in [0.05, 0.1) is 6.54 Å². The highest BCUT2D eigenvalue weighted by Gasteiger charge is 2.22. The van der Waals surface area contributed by atoms with Crippen LogP contribution in [0.3, 0.4) is 0 Å². The van der Waals surface area contributed by atoms with E-state index in [2.05, 4.69) is 0 Å². The molecule has 1 aliphatic heterocycles. The zero-order valence-electron chi connectivity index (χ0n) is 14.2. The van der Waals surface area contributed by atoms with E-state index in [1.165, 1.54) is 12.1 Å². The Morgan fingerprint density at radius 2 is 1.71 bits per heavy atom. The van der Waals surface area contributed by atoms with Gasteiger partial charge in [0.2, 0.25) is 11.8 Å². The summed E-state index contributed by atoms with van der Waals surface area (Å²) in [5.41, 5.74) is 0. The van der Waals surface area contributed by atoms with Gasteiger partial charge in [-0.15, -0.1) is 0 Å². The Kier molecular flexibility index (Phi) is 6.54. The lowest BCUT2D eigenvalue weighted by Crippen LogP contribution is -2.52. The fraction of sp³-hybridized carbons (Fsp3) is 0.529. The minimum absolute atomic E-state index is 0.0529. The second-order valence-electron chi connectivity index (χ2n) is 5.93. The third-order valence-electron chi connectivity index (χ3n) is 4.04. The molecule has 132 valence electrons. The molecule has 24 heavy (non-hydrogen) atoms. The minimum atomic E-state index is -0.296. The van der Waals surface area contributed by atoms with E-state index in [9.17, 15) is 14.0 Å². The standard InChI is InChI=1S/C17H24FN3O3/c1-14(22)20-7-9-21(10-8-20)17(23)13-19(2)11-12-24-16-5-3-15(18)4-6-16/h3-6H,7-13H2,1-2H3. The Balaban J connectivity index is 1.66. The van der Waals surface area contributed by atoms with Crippen LogP contribution in [-0.4, -0.2) is 79.4 Å². The number of halogens is 1. The molecule has 0 spiro atoms. The molecule has 1 saturated heterocycles. The van der Waals surface area contributed by atoms with Crippen molar-refractivity contribution in [1.29, 1.82) is 0 Å². The normalized spacial score (nSPS) is 14.8. The second-order valence-corrected chi connectivity index (χ2v) is 5.93. The van der Waals surface area contributed by atoms with Crippen LogP contribution in [-0.2, 0) is 9.59 Å². The molecule has 2 amide bonds. The van der Waals surface area contributed by atoms with Gasteiger partial charge in [-0.3, -0.25) is 14.5 Å². The van der Waals surface area contributed by atoms with Crippen molar-refractivity contribution in [2.45, 2.75) is 6.92 Å². The lowest BCUT2D eigenvalue weighted by molar-refractivity contribution is -0.139. The van der Waals surface area contributed by atoms with Gasteiger partial charge in [-0.1, -0.05) is 0 Å². The molecule has 0 bridgehead atoms. The summed E-state index contributed by atoms with van der Waals surface area (Å²) < 4.78 is 18.3. The van der Waals surface area contributed by atoms with E-state index < -0.39 is 0 Å². The van der Waals surface area contributed by atoms with Crippen molar-refractivity contribution in [3.05, 3.63) is 30.1 Å². The first-order chi connectivity index (χ1) is 11.5. The molecule has 0 radical (unpaired) electrons. The van der Waals surface area contributed by atoms with Crippen LogP contribution in [0.2, 0.25) is 0 Å². The number of hydrogen-bond acceptors (Lipinski definition) is 4. The Bertz CT molecular complexity index is 557. The van der Waals surface area contributed by atoms with Gasteiger partial charge in [-0.2, -0.15) is 0 Å². The number of carbonyl (C=O) groups excluding carboxylic acids is 2.